The number of carbonyl (C=O) groups is 1. The summed E-state index contributed by atoms with van der Waals surface area (Å²) in [5, 5.41) is 6.55. The number of benzene rings is 1. The third-order valence-corrected chi connectivity index (χ3v) is 6.29. The molecular formula is C17H27Cl2N3OS2. The molecule has 1 aromatic carbocycles. The highest BCUT2D eigenvalue weighted by Gasteiger charge is 2.18. The van der Waals surface area contributed by atoms with Crippen LogP contribution in [-0.2, 0) is 11.3 Å². The van der Waals surface area contributed by atoms with Crippen molar-refractivity contribution in [2.45, 2.75) is 19.0 Å². The number of anilines is 1. The van der Waals surface area contributed by atoms with Gasteiger partial charge in [-0.05, 0) is 11.6 Å². The van der Waals surface area contributed by atoms with Gasteiger partial charge in [0.25, 0.3) is 0 Å². The van der Waals surface area contributed by atoms with Crippen molar-refractivity contribution in [3.63, 3.8) is 0 Å². The van der Waals surface area contributed by atoms with Crippen molar-refractivity contribution >= 4 is 59.9 Å². The zero-order valence-corrected chi connectivity index (χ0v) is 17.5. The smallest absolute Gasteiger partial charge is 0.225 e. The molecule has 2 fully saturated rings. The summed E-state index contributed by atoms with van der Waals surface area (Å²) in [6.07, 6.45) is 0.557. The number of rotatable bonds is 5. The zero-order valence-electron chi connectivity index (χ0n) is 14.2. The predicted molar refractivity (Wildman–Crippen MR) is 116 cm³/mol. The van der Waals surface area contributed by atoms with E-state index >= 15 is 0 Å². The van der Waals surface area contributed by atoms with Crippen LogP contribution in [0.4, 0.5) is 5.69 Å². The molecule has 1 amide bonds. The van der Waals surface area contributed by atoms with E-state index < -0.39 is 0 Å². The Morgan fingerprint density at radius 3 is 2.64 bits per heavy atom. The molecule has 0 aliphatic carbocycles. The first-order chi connectivity index (χ1) is 11.3. The number of hydrogen-bond acceptors (Lipinski definition) is 5. The van der Waals surface area contributed by atoms with Gasteiger partial charge in [-0.3, -0.25) is 9.69 Å². The number of nitrogens with one attached hydrogen (secondary N) is 2. The van der Waals surface area contributed by atoms with Crippen molar-refractivity contribution in [2.24, 2.45) is 0 Å². The summed E-state index contributed by atoms with van der Waals surface area (Å²) in [6, 6.07) is 8.52. The third kappa shape index (κ3) is 7.57. The molecule has 1 aromatic rings. The molecule has 8 heteroatoms. The van der Waals surface area contributed by atoms with Crippen molar-refractivity contribution in [1.29, 1.82) is 0 Å². The summed E-state index contributed by atoms with van der Waals surface area (Å²) < 4.78 is 0. The molecule has 0 bridgehead atoms. The Bertz CT molecular complexity index is 524. The minimum Gasteiger partial charge on any atom is -0.326 e. The number of nitrogens with zero attached hydrogens (tertiary/aromatic N) is 1. The molecule has 0 radical (unpaired) electrons. The van der Waals surface area contributed by atoms with E-state index in [0.29, 0.717) is 12.5 Å². The van der Waals surface area contributed by atoms with Crippen LogP contribution >= 0.6 is 48.3 Å². The normalized spacial score (nSPS) is 20.9. The number of hydrogen-bond donors (Lipinski definition) is 2. The van der Waals surface area contributed by atoms with E-state index in [4.69, 9.17) is 0 Å². The van der Waals surface area contributed by atoms with E-state index in [-0.39, 0.29) is 30.7 Å². The second-order valence-electron chi connectivity index (χ2n) is 6.02. The lowest BCUT2D eigenvalue weighted by Gasteiger charge is -2.27. The SMILES string of the molecule is Cl.Cl.O=C(CC1CSCCN1)Nc1ccccc1CN1CCSCC1. The van der Waals surface area contributed by atoms with Crippen molar-refractivity contribution < 1.29 is 4.79 Å². The second-order valence-corrected chi connectivity index (χ2v) is 8.40. The third-order valence-electron chi connectivity index (χ3n) is 4.22. The fraction of sp³-hybridized carbons (Fsp3) is 0.588. The first-order valence-electron chi connectivity index (χ1n) is 8.30. The molecule has 4 nitrogen and oxygen atoms in total. The van der Waals surface area contributed by atoms with Gasteiger partial charge in [0, 0.05) is 67.3 Å². The summed E-state index contributed by atoms with van der Waals surface area (Å²) in [4.78, 5) is 14.8. The number of thioether (sulfide) groups is 2. The Morgan fingerprint density at radius 1 is 1.16 bits per heavy atom. The molecule has 1 unspecified atom stereocenters. The monoisotopic (exact) mass is 423 g/mol. The van der Waals surface area contributed by atoms with Crippen LogP contribution in [0, 0.1) is 0 Å². The van der Waals surface area contributed by atoms with Crippen LogP contribution in [-0.4, -0.2) is 59.5 Å². The first-order valence-corrected chi connectivity index (χ1v) is 10.6. The Kier molecular flexibility index (Phi) is 11.3. The molecule has 25 heavy (non-hydrogen) atoms. The van der Waals surface area contributed by atoms with E-state index in [9.17, 15) is 4.79 Å². The summed E-state index contributed by atoms with van der Waals surface area (Å²) >= 11 is 3.95. The lowest BCUT2D eigenvalue weighted by atomic mass is 10.1. The van der Waals surface area contributed by atoms with Crippen LogP contribution in [0.3, 0.4) is 0 Å². The highest BCUT2D eigenvalue weighted by Crippen LogP contribution is 2.20. The van der Waals surface area contributed by atoms with Crippen LogP contribution < -0.4 is 10.6 Å². The number of halogens is 2. The Hall–Kier alpha value is -0.110. The fourth-order valence-corrected chi connectivity index (χ4v) is 4.88. The van der Waals surface area contributed by atoms with E-state index in [0.717, 1.165) is 43.4 Å². The average molecular weight is 424 g/mol. The van der Waals surface area contributed by atoms with Crippen LogP contribution in [0.2, 0.25) is 0 Å². The van der Waals surface area contributed by atoms with Gasteiger partial charge in [0.2, 0.25) is 5.91 Å². The maximum absolute atomic E-state index is 12.3. The van der Waals surface area contributed by atoms with Crippen LogP contribution in [0.15, 0.2) is 24.3 Å². The molecule has 3 rings (SSSR count). The molecular weight excluding hydrogens is 397 g/mol. The van der Waals surface area contributed by atoms with Gasteiger partial charge in [-0.2, -0.15) is 23.5 Å². The quantitative estimate of drug-likeness (QED) is 0.761. The van der Waals surface area contributed by atoms with Crippen molar-refractivity contribution in [1.82, 2.24) is 10.2 Å². The van der Waals surface area contributed by atoms with Crippen molar-refractivity contribution in [3.05, 3.63) is 29.8 Å². The topological polar surface area (TPSA) is 44.4 Å². The molecule has 0 aromatic heterocycles. The molecule has 0 saturated carbocycles. The minimum atomic E-state index is 0. The highest BCUT2D eigenvalue weighted by atomic mass is 35.5. The Balaban J connectivity index is 0.00000156. The summed E-state index contributed by atoms with van der Waals surface area (Å²) in [6.45, 7) is 4.20. The second kappa shape index (κ2) is 12.3. The highest BCUT2D eigenvalue weighted by molar-refractivity contribution is 7.99. The number of amides is 1. The maximum Gasteiger partial charge on any atom is 0.225 e. The fourth-order valence-electron chi connectivity index (χ4n) is 2.96. The van der Waals surface area contributed by atoms with Crippen LogP contribution in [0.1, 0.15) is 12.0 Å². The van der Waals surface area contributed by atoms with Gasteiger partial charge in [0.1, 0.15) is 0 Å². The summed E-state index contributed by atoms with van der Waals surface area (Å²) in [5.41, 5.74) is 2.19. The molecule has 2 heterocycles. The van der Waals surface area contributed by atoms with E-state index in [1.54, 1.807) is 0 Å². The number of para-hydroxylation sites is 1. The van der Waals surface area contributed by atoms with Gasteiger partial charge in [0.15, 0.2) is 0 Å². The Morgan fingerprint density at radius 2 is 1.92 bits per heavy atom. The molecule has 2 N–H and O–H groups in total. The molecule has 1 atom stereocenters. The minimum absolute atomic E-state index is 0. The summed E-state index contributed by atoms with van der Waals surface area (Å²) in [5.74, 6) is 4.71. The molecule has 0 spiro atoms. The van der Waals surface area contributed by atoms with E-state index in [1.165, 1.54) is 17.1 Å². The molecule has 2 saturated heterocycles. The van der Waals surface area contributed by atoms with Gasteiger partial charge < -0.3 is 10.6 Å². The van der Waals surface area contributed by atoms with E-state index in [1.807, 2.05) is 35.7 Å². The predicted octanol–water partition coefficient (Wildman–Crippen LogP) is 3.11. The van der Waals surface area contributed by atoms with Gasteiger partial charge >= 0.3 is 0 Å². The molecule has 2 aliphatic heterocycles. The van der Waals surface area contributed by atoms with Crippen LogP contribution in [0.25, 0.3) is 0 Å². The standard InChI is InChI=1S/C17H25N3OS2.2ClH/c21-17(11-15-13-23-8-5-18-15)19-16-4-2-1-3-14(16)12-20-6-9-22-10-7-20;;/h1-4,15,18H,5-13H2,(H,19,21);2*1H. The lowest BCUT2D eigenvalue weighted by Crippen LogP contribution is -2.40. The van der Waals surface area contributed by atoms with Crippen molar-refractivity contribution in [2.75, 3.05) is 48.0 Å². The lowest BCUT2D eigenvalue weighted by molar-refractivity contribution is -0.116. The zero-order chi connectivity index (χ0) is 15.9. The Labute approximate surface area is 171 Å². The van der Waals surface area contributed by atoms with Gasteiger partial charge in [-0.1, -0.05) is 18.2 Å². The maximum atomic E-state index is 12.3. The van der Waals surface area contributed by atoms with Gasteiger partial charge in [-0.25, -0.2) is 0 Å². The largest absolute Gasteiger partial charge is 0.326 e. The molecule has 142 valence electrons. The van der Waals surface area contributed by atoms with Crippen LogP contribution in [0.5, 0.6) is 0 Å². The van der Waals surface area contributed by atoms with E-state index in [2.05, 4.69) is 27.7 Å². The summed E-state index contributed by atoms with van der Waals surface area (Å²) in [7, 11) is 0. The first kappa shape index (κ1) is 22.9. The molecule has 2 aliphatic rings. The number of carbonyl (C=O) groups excluding carboxylic acids is 1. The average Bonchev–Trinajstić information content (AvgIpc) is 2.58. The van der Waals surface area contributed by atoms with Gasteiger partial charge in [0.05, 0.1) is 0 Å². The van der Waals surface area contributed by atoms with Crippen molar-refractivity contribution in [3.8, 4) is 0 Å². The van der Waals surface area contributed by atoms with Gasteiger partial charge in [-0.15, -0.1) is 24.8 Å².